The number of amides is 1. The summed E-state index contributed by atoms with van der Waals surface area (Å²) in [4.78, 5) is 25.9. The molecule has 5 heteroatoms. The van der Waals surface area contributed by atoms with Crippen LogP contribution in [0.3, 0.4) is 0 Å². The summed E-state index contributed by atoms with van der Waals surface area (Å²) in [5, 5.41) is 4.76. The van der Waals surface area contributed by atoms with E-state index in [4.69, 9.17) is 4.74 Å². The van der Waals surface area contributed by atoms with Gasteiger partial charge in [-0.1, -0.05) is 51.1 Å². The molecule has 1 heterocycles. The topological polar surface area (TPSA) is 55.4 Å². The van der Waals surface area contributed by atoms with Gasteiger partial charge in [-0.2, -0.15) is 0 Å². The van der Waals surface area contributed by atoms with Crippen LogP contribution in [0, 0.1) is 5.41 Å². The van der Waals surface area contributed by atoms with Crippen molar-refractivity contribution in [2.45, 2.75) is 33.7 Å². The number of hydrogen-bond donors (Lipinski definition) is 1. The molecule has 4 nitrogen and oxygen atoms in total. The van der Waals surface area contributed by atoms with Crippen LogP contribution in [0.4, 0.5) is 0 Å². The molecule has 0 aliphatic heterocycles. The van der Waals surface area contributed by atoms with Gasteiger partial charge >= 0.3 is 5.97 Å². The Morgan fingerprint density at radius 2 is 2.00 bits per heavy atom. The zero-order chi connectivity index (χ0) is 19.2. The van der Waals surface area contributed by atoms with Gasteiger partial charge in [-0.25, -0.2) is 4.79 Å². The third kappa shape index (κ3) is 5.85. The van der Waals surface area contributed by atoms with E-state index >= 15 is 0 Å². The minimum Gasteiger partial charge on any atom is -0.464 e. The Morgan fingerprint density at radius 3 is 2.62 bits per heavy atom. The number of esters is 1. The van der Waals surface area contributed by atoms with Crippen LogP contribution >= 0.6 is 11.3 Å². The zero-order valence-electron chi connectivity index (χ0n) is 15.6. The van der Waals surface area contributed by atoms with Crippen molar-refractivity contribution in [3.8, 4) is 10.4 Å². The number of thiophene rings is 1. The van der Waals surface area contributed by atoms with Gasteiger partial charge in [0.15, 0.2) is 0 Å². The fraction of sp³-hybridized carbons (Fsp3) is 0.333. The number of nitrogens with one attached hydrogen (secondary N) is 1. The maximum Gasteiger partial charge on any atom is 0.332 e. The van der Waals surface area contributed by atoms with Crippen molar-refractivity contribution in [2.75, 3.05) is 6.61 Å². The van der Waals surface area contributed by atoms with Gasteiger partial charge in [0.05, 0.1) is 6.61 Å². The highest BCUT2D eigenvalue weighted by atomic mass is 32.1. The van der Waals surface area contributed by atoms with Crippen LogP contribution in [-0.2, 0) is 9.53 Å². The Balaban J connectivity index is 2.19. The molecule has 0 saturated carbocycles. The second-order valence-corrected chi connectivity index (χ2v) is 7.93. The summed E-state index contributed by atoms with van der Waals surface area (Å²) in [6, 6.07) is 10.5. The second kappa shape index (κ2) is 8.81. The number of carbonyl (C=O) groups excluding carboxylic acids is 2. The quantitative estimate of drug-likeness (QED) is 0.592. The van der Waals surface area contributed by atoms with Gasteiger partial charge in [-0.05, 0) is 41.5 Å². The molecule has 1 atom stereocenters. The first-order valence-corrected chi connectivity index (χ1v) is 9.49. The first kappa shape index (κ1) is 19.9. The molecule has 0 aliphatic rings. The summed E-state index contributed by atoms with van der Waals surface area (Å²) in [5.74, 6) is -0.768. The van der Waals surface area contributed by atoms with E-state index < -0.39 is 12.0 Å². The van der Waals surface area contributed by atoms with E-state index in [9.17, 15) is 9.59 Å². The van der Waals surface area contributed by atoms with Crippen LogP contribution in [0.15, 0.2) is 53.9 Å². The van der Waals surface area contributed by atoms with Gasteiger partial charge in [-0.15, -0.1) is 11.3 Å². The van der Waals surface area contributed by atoms with Crippen LogP contribution < -0.4 is 5.32 Å². The van der Waals surface area contributed by atoms with Crippen molar-refractivity contribution < 1.29 is 14.3 Å². The van der Waals surface area contributed by atoms with Gasteiger partial charge in [0.1, 0.15) is 6.04 Å². The third-order valence-corrected chi connectivity index (χ3v) is 4.47. The molecule has 26 heavy (non-hydrogen) atoms. The minimum atomic E-state index is -0.813. The first-order valence-electron chi connectivity index (χ1n) is 8.61. The summed E-state index contributed by atoms with van der Waals surface area (Å²) in [5.41, 5.74) is 1.38. The molecule has 2 aromatic rings. The van der Waals surface area contributed by atoms with Crippen molar-refractivity contribution in [2.24, 2.45) is 5.41 Å². The molecule has 0 fully saturated rings. The maximum absolute atomic E-state index is 12.7. The molecule has 0 saturated heterocycles. The summed E-state index contributed by atoms with van der Waals surface area (Å²) in [6.07, 6.45) is 3.59. The largest absolute Gasteiger partial charge is 0.464 e. The van der Waals surface area contributed by atoms with E-state index in [-0.39, 0.29) is 17.9 Å². The summed E-state index contributed by atoms with van der Waals surface area (Å²) < 4.78 is 5.09. The Bertz CT molecular complexity index is 773. The van der Waals surface area contributed by atoms with Crippen LogP contribution in [0.25, 0.3) is 10.4 Å². The molecular weight excluding hydrogens is 346 g/mol. The van der Waals surface area contributed by atoms with Crippen LogP contribution in [0.2, 0.25) is 0 Å². The Labute approximate surface area is 158 Å². The van der Waals surface area contributed by atoms with Crippen LogP contribution in [-0.4, -0.2) is 24.5 Å². The van der Waals surface area contributed by atoms with E-state index in [0.29, 0.717) is 5.56 Å². The lowest BCUT2D eigenvalue weighted by molar-refractivity contribution is -0.144. The summed E-state index contributed by atoms with van der Waals surface area (Å²) >= 11 is 1.62. The monoisotopic (exact) mass is 371 g/mol. The second-order valence-electron chi connectivity index (χ2n) is 6.99. The van der Waals surface area contributed by atoms with Gasteiger partial charge in [0.25, 0.3) is 5.91 Å². The predicted octanol–water partition coefficient (Wildman–Crippen LogP) is 4.68. The van der Waals surface area contributed by atoms with E-state index in [1.807, 2.05) is 62.6 Å². The number of carbonyl (C=O) groups is 2. The van der Waals surface area contributed by atoms with Gasteiger partial charge in [0.2, 0.25) is 0 Å². The Morgan fingerprint density at radius 1 is 1.23 bits per heavy atom. The lowest BCUT2D eigenvalue weighted by atomic mass is 9.95. The molecule has 1 N–H and O–H groups in total. The number of ether oxygens (including phenoxy) is 1. The van der Waals surface area contributed by atoms with Crippen LogP contribution in [0.1, 0.15) is 38.1 Å². The van der Waals surface area contributed by atoms with Crippen LogP contribution in [0.5, 0.6) is 0 Å². The van der Waals surface area contributed by atoms with E-state index in [0.717, 1.165) is 10.4 Å². The molecule has 2 rings (SSSR count). The molecule has 0 radical (unpaired) electrons. The first-order chi connectivity index (χ1) is 12.3. The molecule has 138 valence electrons. The molecule has 1 aromatic carbocycles. The van der Waals surface area contributed by atoms with Crippen molar-refractivity contribution in [3.05, 3.63) is 59.5 Å². The zero-order valence-corrected chi connectivity index (χ0v) is 16.4. The highest BCUT2D eigenvalue weighted by molar-refractivity contribution is 7.13. The highest BCUT2D eigenvalue weighted by Crippen LogP contribution is 2.25. The van der Waals surface area contributed by atoms with Crippen molar-refractivity contribution >= 4 is 23.2 Å². The molecule has 1 amide bonds. The molecule has 1 aromatic heterocycles. The lowest BCUT2D eigenvalue weighted by Crippen LogP contribution is -2.40. The van der Waals surface area contributed by atoms with Crippen molar-refractivity contribution in [1.82, 2.24) is 5.32 Å². The molecule has 0 spiro atoms. The predicted molar refractivity (Wildman–Crippen MR) is 106 cm³/mol. The average Bonchev–Trinajstić information content (AvgIpc) is 3.12. The standard InChI is InChI=1S/C21H25NO3S/c1-5-25-20(24)17(11-12-21(2,3)4)22-19(23)16-9-6-8-15(14-16)18-10-7-13-26-18/h6-14,17H,5H2,1-4H3,(H,22,23). The van der Waals surface area contributed by atoms with Crippen molar-refractivity contribution in [1.29, 1.82) is 0 Å². The smallest absolute Gasteiger partial charge is 0.332 e. The molecule has 0 bridgehead atoms. The normalized spacial score (nSPS) is 12.8. The number of benzene rings is 1. The summed E-state index contributed by atoms with van der Waals surface area (Å²) in [6.45, 7) is 8.09. The minimum absolute atomic E-state index is 0.103. The summed E-state index contributed by atoms with van der Waals surface area (Å²) in [7, 11) is 0. The van der Waals surface area contributed by atoms with E-state index in [2.05, 4.69) is 5.32 Å². The Kier molecular flexibility index (Phi) is 6.75. The fourth-order valence-electron chi connectivity index (χ4n) is 2.28. The Hall–Kier alpha value is -2.40. The number of allylic oxidation sites excluding steroid dienone is 1. The fourth-order valence-corrected chi connectivity index (χ4v) is 3.01. The highest BCUT2D eigenvalue weighted by Gasteiger charge is 2.21. The molecular formula is C21H25NO3S. The third-order valence-electron chi connectivity index (χ3n) is 3.55. The number of rotatable bonds is 6. The van der Waals surface area contributed by atoms with Crippen molar-refractivity contribution in [3.63, 3.8) is 0 Å². The number of hydrogen-bond acceptors (Lipinski definition) is 4. The maximum atomic E-state index is 12.7. The molecule has 1 unspecified atom stereocenters. The average molecular weight is 372 g/mol. The van der Waals surface area contributed by atoms with Gasteiger partial charge < -0.3 is 10.1 Å². The van der Waals surface area contributed by atoms with E-state index in [1.165, 1.54) is 0 Å². The van der Waals surface area contributed by atoms with E-state index in [1.54, 1.807) is 30.4 Å². The van der Waals surface area contributed by atoms with Gasteiger partial charge in [-0.3, -0.25) is 4.79 Å². The van der Waals surface area contributed by atoms with Gasteiger partial charge in [0, 0.05) is 10.4 Å². The molecule has 0 aliphatic carbocycles. The lowest BCUT2D eigenvalue weighted by Gasteiger charge is -2.17. The SMILES string of the molecule is CCOC(=O)C(C=CC(C)(C)C)NC(=O)c1cccc(-c2cccs2)c1.